The molecule has 7 atom stereocenters. The molecule has 0 aliphatic heterocycles. The highest BCUT2D eigenvalue weighted by Crippen LogP contribution is 2.89. The van der Waals surface area contributed by atoms with Gasteiger partial charge in [-0.25, -0.2) is 0 Å². The molecule has 4 heteroatoms. The van der Waals surface area contributed by atoms with Crippen molar-refractivity contribution in [3.8, 4) is 0 Å². The van der Waals surface area contributed by atoms with Gasteiger partial charge in [0.05, 0.1) is 0 Å². The normalized spacial score (nSPS) is 36.0. The van der Waals surface area contributed by atoms with Crippen molar-refractivity contribution in [2.45, 2.75) is 64.6 Å². The van der Waals surface area contributed by atoms with Gasteiger partial charge in [0.1, 0.15) is 6.04 Å². The van der Waals surface area contributed by atoms with Crippen LogP contribution in [0.4, 0.5) is 13.2 Å². The highest BCUT2D eigenvalue weighted by Gasteiger charge is 2.83. The van der Waals surface area contributed by atoms with Crippen LogP contribution in [0.1, 0.15) is 52.4 Å². The van der Waals surface area contributed by atoms with Gasteiger partial charge in [-0.15, -0.1) is 6.58 Å². The summed E-state index contributed by atoms with van der Waals surface area (Å²) in [5.41, 5.74) is 3.17. The molecular weight excluding hydrogens is 395 g/mol. The van der Waals surface area contributed by atoms with Gasteiger partial charge < -0.3 is 0 Å². The fourth-order valence-electron chi connectivity index (χ4n) is 6.33. The van der Waals surface area contributed by atoms with Crippen molar-refractivity contribution in [3.05, 3.63) is 60.3 Å². The Kier molecular flexibility index (Phi) is 6.40. The summed E-state index contributed by atoms with van der Waals surface area (Å²) in [7, 11) is 0. The Morgan fingerprint density at radius 1 is 1.23 bits per heavy atom. The van der Waals surface area contributed by atoms with Crippen molar-refractivity contribution in [2.75, 3.05) is 6.54 Å². The number of hydrogen-bond acceptors (Lipinski definition) is 1. The summed E-state index contributed by atoms with van der Waals surface area (Å²) in [4.78, 5) is 0. The Hall–Kier alpha value is -1.55. The van der Waals surface area contributed by atoms with Crippen LogP contribution in [0.2, 0.25) is 0 Å². The van der Waals surface area contributed by atoms with Gasteiger partial charge >= 0.3 is 6.18 Å². The zero-order chi connectivity index (χ0) is 22.2. The largest absolute Gasteiger partial charge is 0.407 e. The number of nitrogens with one attached hydrogen (secondary N) is 1. The van der Waals surface area contributed by atoms with Crippen LogP contribution in [-0.4, -0.2) is 18.8 Å². The van der Waals surface area contributed by atoms with Crippen molar-refractivity contribution >= 4 is 0 Å². The Morgan fingerprint density at radius 2 is 2.03 bits per heavy atom. The number of rotatable bonds is 11. The van der Waals surface area contributed by atoms with E-state index in [0.717, 1.165) is 42.6 Å². The molecule has 3 fully saturated rings. The standard InChI is InChI=1S/C27H36F3N/c1-4-7-8-10-20(6-3)26-16-23(26)25(26)22-15-21(22)19-13-11-18(12-14-19)17-31-24(9-5-2)27(28,29)30/h4-7,9,11,13,20-25,31H,3,8,10,12,14-17H2,1-2H3. The molecule has 0 radical (unpaired) electrons. The summed E-state index contributed by atoms with van der Waals surface area (Å²) in [6, 6.07) is -1.57. The molecule has 3 saturated carbocycles. The van der Waals surface area contributed by atoms with E-state index >= 15 is 0 Å². The first-order valence-electron chi connectivity index (χ1n) is 11.9. The van der Waals surface area contributed by atoms with Crippen LogP contribution in [0, 0.1) is 35.0 Å². The first-order chi connectivity index (χ1) is 14.9. The number of allylic oxidation sites excluding steroid dienone is 7. The van der Waals surface area contributed by atoms with E-state index in [9.17, 15) is 13.2 Å². The monoisotopic (exact) mass is 431 g/mol. The maximum atomic E-state index is 13.0. The average Bonchev–Trinajstić information content (AvgIpc) is 3.64. The van der Waals surface area contributed by atoms with E-state index in [1.165, 1.54) is 37.0 Å². The van der Waals surface area contributed by atoms with Gasteiger partial charge in [0, 0.05) is 6.54 Å². The molecule has 0 aromatic carbocycles. The van der Waals surface area contributed by atoms with E-state index in [4.69, 9.17) is 0 Å². The smallest absolute Gasteiger partial charge is 0.299 e. The maximum Gasteiger partial charge on any atom is 0.407 e. The van der Waals surface area contributed by atoms with Crippen molar-refractivity contribution in [1.82, 2.24) is 5.32 Å². The molecule has 1 N–H and O–H groups in total. The molecule has 0 bridgehead atoms. The summed E-state index contributed by atoms with van der Waals surface area (Å²) in [5.74, 6) is 4.05. The second-order valence-electron chi connectivity index (χ2n) is 9.94. The zero-order valence-electron chi connectivity index (χ0n) is 18.8. The molecule has 170 valence electrons. The molecular formula is C27H36F3N. The van der Waals surface area contributed by atoms with E-state index < -0.39 is 12.2 Å². The van der Waals surface area contributed by atoms with Crippen LogP contribution < -0.4 is 5.32 Å². The highest BCUT2D eigenvalue weighted by atomic mass is 19.4. The fraction of sp³-hybridized carbons (Fsp3) is 0.630. The number of alkyl halides is 3. The van der Waals surface area contributed by atoms with Crippen LogP contribution in [0.3, 0.4) is 0 Å². The second kappa shape index (κ2) is 8.77. The van der Waals surface area contributed by atoms with Gasteiger partial charge in [-0.05, 0) is 87.4 Å². The van der Waals surface area contributed by atoms with E-state index in [1.807, 2.05) is 0 Å². The molecule has 4 rings (SSSR count). The van der Waals surface area contributed by atoms with E-state index in [0.29, 0.717) is 23.8 Å². The molecule has 0 heterocycles. The zero-order valence-corrected chi connectivity index (χ0v) is 18.8. The summed E-state index contributed by atoms with van der Waals surface area (Å²) >= 11 is 0. The third kappa shape index (κ3) is 4.51. The molecule has 31 heavy (non-hydrogen) atoms. The lowest BCUT2D eigenvalue weighted by Crippen LogP contribution is -2.41. The minimum atomic E-state index is -4.25. The van der Waals surface area contributed by atoms with Crippen LogP contribution in [-0.2, 0) is 0 Å². The molecule has 1 nitrogen and oxygen atoms in total. The first kappa shape index (κ1) is 22.6. The molecule has 0 saturated heterocycles. The topological polar surface area (TPSA) is 12.0 Å². The summed E-state index contributed by atoms with van der Waals surface area (Å²) in [5, 5.41) is 2.66. The van der Waals surface area contributed by atoms with E-state index in [-0.39, 0.29) is 0 Å². The van der Waals surface area contributed by atoms with Crippen molar-refractivity contribution in [3.63, 3.8) is 0 Å². The molecule has 7 unspecified atom stereocenters. The SMILES string of the molecule is C=CC(CCC=CC)C12CC1C2C1CC1C1=CC=C(CNC(C=CC)C(F)(F)F)CC1. The summed E-state index contributed by atoms with van der Waals surface area (Å²) in [6.07, 6.45) is 16.3. The minimum Gasteiger partial charge on any atom is -0.299 e. The Morgan fingerprint density at radius 3 is 2.61 bits per heavy atom. The van der Waals surface area contributed by atoms with Gasteiger partial charge in [0.25, 0.3) is 0 Å². The van der Waals surface area contributed by atoms with Gasteiger partial charge in [0.2, 0.25) is 0 Å². The summed E-state index contributed by atoms with van der Waals surface area (Å²) < 4.78 is 39.1. The van der Waals surface area contributed by atoms with Crippen LogP contribution >= 0.6 is 0 Å². The van der Waals surface area contributed by atoms with Gasteiger partial charge in [0.15, 0.2) is 0 Å². The van der Waals surface area contributed by atoms with Crippen molar-refractivity contribution in [2.24, 2.45) is 35.0 Å². The Bertz CT molecular complexity index is 802. The number of fused-ring (bicyclic) bond motifs is 1. The maximum absolute atomic E-state index is 13.0. The van der Waals surface area contributed by atoms with E-state index in [1.54, 1.807) is 6.92 Å². The van der Waals surface area contributed by atoms with Crippen molar-refractivity contribution in [1.29, 1.82) is 0 Å². The molecule has 0 spiro atoms. The Labute approximate surface area is 185 Å². The predicted molar refractivity (Wildman–Crippen MR) is 121 cm³/mol. The van der Waals surface area contributed by atoms with Crippen LogP contribution in [0.15, 0.2) is 60.3 Å². The third-order valence-electron chi connectivity index (χ3n) is 8.24. The molecule has 0 aromatic rings. The number of halogens is 3. The van der Waals surface area contributed by atoms with Crippen LogP contribution in [0.5, 0.6) is 0 Å². The highest BCUT2D eigenvalue weighted by molar-refractivity contribution is 5.37. The predicted octanol–water partition coefficient (Wildman–Crippen LogP) is 7.16. The fourth-order valence-corrected chi connectivity index (χ4v) is 6.33. The molecule has 0 amide bonds. The Balaban J connectivity index is 1.28. The van der Waals surface area contributed by atoms with Gasteiger partial charge in [-0.2, -0.15) is 13.2 Å². The lowest BCUT2D eigenvalue weighted by Gasteiger charge is -2.22. The van der Waals surface area contributed by atoms with Crippen molar-refractivity contribution < 1.29 is 13.2 Å². The lowest BCUT2D eigenvalue weighted by atomic mass is 9.84. The third-order valence-corrected chi connectivity index (χ3v) is 8.24. The van der Waals surface area contributed by atoms with Gasteiger partial charge in [-0.1, -0.05) is 53.7 Å². The molecule has 4 aliphatic rings. The molecule has 4 aliphatic carbocycles. The minimum absolute atomic E-state index is 0.299. The molecule has 0 aromatic heterocycles. The first-order valence-corrected chi connectivity index (χ1v) is 11.9. The van der Waals surface area contributed by atoms with E-state index in [2.05, 4.69) is 49.2 Å². The second-order valence-corrected chi connectivity index (χ2v) is 9.94. The lowest BCUT2D eigenvalue weighted by molar-refractivity contribution is -0.144. The van der Waals surface area contributed by atoms with Gasteiger partial charge in [-0.3, -0.25) is 5.32 Å². The average molecular weight is 432 g/mol. The number of hydrogen-bond donors (Lipinski definition) is 1. The van der Waals surface area contributed by atoms with Crippen LogP contribution in [0.25, 0.3) is 0 Å². The summed E-state index contributed by atoms with van der Waals surface area (Å²) in [6.45, 7) is 8.14. The quantitative estimate of drug-likeness (QED) is 0.342.